The van der Waals surface area contributed by atoms with Crippen LogP contribution in [0, 0.1) is 0 Å². The van der Waals surface area contributed by atoms with E-state index in [1.165, 1.54) is 27.6 Å². The van der Waals surface area contributed by atoms with Crippen molar-refractivity contribution < 1.29 is 19.5 Å². The number of hydrogen-bond acceptors (Lipinski definition) is 7. The number of rotatable bonds is 8. The first-order valence-electron chi connectivity index (χ1n) is 11.3. The van der Waals surface area contributed by atoms with E-state index in [1.54, 1.807) is 17.5 Å². The summed E-state index contributed by atoms with van der Waals surface area (Å²) < 4.78 is 0. The van der Waals surface area contributed by atoms with Gasteiger partial charge in [-0.2, -0.15) is 0 Å². The summed E-state index contributed by atoms with van der Waals surface area (Å²) >= 11 is 2.71. The van der Waals surface area contributed by atoms with Crippen LogP contribution < -0.4 is 16.0 Å². The summed E-state index contributed by atoms with van der Waals surface area (Å²) in [6.45, 7) is 5.22. The Morgan fingerprint density at radius 2 is 1.94 bits per heavy atom. The Bertz CT molecular complexity index is 1220. The van der Waals surface area contributed by atoms with Gasteiger partial charge in [0.15, 0.2) is 0 Å². The molecule has 3 aromatic rings. The number of anilines is 2. The molecule has 1 aliphatic rings. The van der Waals surface area contributed by atoms with Crippen molar-refractivity contribution in [2.45, 2.75) is 39.3 Å². The van der Waals surface area contributed by atoms with Crippen LogP contribution in [0.15, 0.2) is 35.7 Å². The maximum absolute atomic E-state index is 12.7. The van der Waals surface area contributed by atoms with E-state index in [9.17, 15) is 19.5 Å². The van der Waals surface area contributed by atoms with Gasteiger partial charge in [-0.1, -0.05) is 32.0 Å². The van der Waals surface area contributed by atoms with Crippen molar-refractivity contribution in [1.29, 1.82) is 0 Å². The Morgan fingerprint density at radius 3 is 2.66 bits per heavy atom. The van der Waals surface area contributed by atoms with Crippen LogP contribution >= 0.6 is 22.7 Å². The molecule has 2 aromatic heterocycles. The topological polar surface area (TPSA) is 124 Å². The van der Waals surface area contributed by atoms with Crippen molar-refractivity contribution in [2.75, 3.05) is 23.7 Å². The molecule has 35 heavy (non-hydrogen) atoms. The molecule has 0 aliphatic carbocycles. The molecule has 184 valence electrons. The minimum atomic E-state index is -0.968. The molecule has 0 saturated carbocycles. The van der Waals surface area contributed by atoms with Gasteiger partial charge in [-0.25, -0.2) is 9.78 Å². The SMILES string of the molecule is CC(C)NCCC(=O)Nc1sc2c(c1-c1nc(C(=O)Nc3ccccc3)cs1)CCN(C(=O)O)C2. The van der Waals surface area contributed by atoms with E-state index in [2.05, 4.69) is 20.9 Å². The van der Waals surface area contributed by atoms with Crippen molar-refractivity contribution in [1.82, 2.24) is 15.2 Å². The Morgan fingerprint density at radius 1 is 1.17 bits per heavy atom. The van der Waals surface area contributed by atoms with Gasteiger partial charge in [0.2, 0.25) is 5.91 Å². The van der Waals surface area contributed by atoms with Gasteiger partial charge in [0, 0.05) is 47.1 Å². The second-order valence-corrected chi connectivity index (χ2v) is 10.4. The minimum Gasteiger partial charge on any atom is -0.465 e. The third-order valence-electron chi connectivity index (χ3n) is 5.47. The average Bonchev–Trinajstić information content (AvgIpc) is 3.43. The van der Waals surface area contributed by atoms with E-state index in [0.29, 0.717) is 41.6 Å². The van der Waals surface area contributed by atoms with Crippen LogP contribution in [-0.4, -0.2) is 52.0 Å². The maximum Gasteiger partial charge on any atom is 0.407 e. The monoisotopic (exact) mass is 513 g/mol. The maximum atomic E-state index is 12.7. The highest BCUT2D eigenvalue weighted by Crippen LogP contribution is 2.44. The number of amides is 3. The molecular formula is C24H27N5O4S2. The van der Waals surface area contributed by atoms with Gasteiger partial charge in [0.25, 0.3) is 5.91 Å². The second kappa shape index (κ2) is 11.0. The summed E-state index contributed by atoms with van der Waals surface area (Å²) in [6, 6.07) is 9.44. The highest BCUT2D eigenvalue weighted by molar-refractivity contribution is 7.18. The Balaban J connectivity index is 1.60. The lowest BCUT2D eigenvalue weighted by molar-refractivity contribution is -0.116. The zero-order chi connectivity index (χ0) is 24.9. The lowest BCUT2D eigenvalue weighted by atomic mass is 10.0. The Kier molecular flexibility index (Phi) is 7.79. The third kappa shape index (κ3) is 6.05. The number of fused-ring (bicyclic) bond motifs is 1. The van der Waals surface area contributed by atoms with Crippen molar-refractivity contribution in [3.05, 3.63) is 51.8 Å². The summed E-state index contributed by atoms with van der Waals surface area (Å²) in [6.07, 6.45) is -0.141. The smallest absolute Gasteiger partial charge is 0.407 e. The number of thiophene rings is 1. The first-order chi connectivity index (χ1) is 16.8. The van der Waals surface area contributed by atoms with Crippen molar-refractivity contribution in [3.8, 4) is 10.6 Å². The molecule has 0 saturated heterocycles. The Labute approximate surface area is 211 Å². The number of nitrogens with one attached hydrogen (secondary N) is 3. The molecule has 0 bridgehead atoms. The zero-order valence-corrected chi connectivity index (χ0v) is 21.1. The number of carbonyl (C=O) groups is 3. The summed E-state index contributed by atoms with van der Waals surface area (Å²) in [7, 11) is 0. The zero-order valence-electron chi connectivity index (χ0n) is 19.5. The first-order valence-corrected chi connectivity index (χ1v) is 13.0. The van der Waals surface area contributed by atoms with Gasteiger partial charge in [-0.3, -0.25) is 9.59 Å². The van der Waals surface area contributed by atoms with Gasteiger partial charge < -0.3 is 26.0 Å². The number of carbonyl (C=O) groups excluding carboxylic acids is 2. The van der Waals surface area contributed by atoms with Crippen molar-refractivity contribution in [2.24, 2.45) is 0 Å². The fourth-order valence-corrected chi connectivity index (χ4v) is 5.98. The van der Waals surface area contributed by atoms with E-state index in [0.717, 1.165) is 16.0 Å². The number of aromatic nitrogens is 1. The number of nitrogens with zero attached hydrogens (tertiary/aromatic N) is 2. The summed E-state index contributed by atoms with van der Waals surface area (Å²) in [5, 5.41) is 21.5. The molecule has 0 radical (unpaired) electrons. The van der Waals surface area contributed by atoms with Gasteiger partial charge in [-0.05, 0) is 24.1 Å². The molecule has 3 amide bonds. The van der Waals surface area contributed by atoms with Crippen molar-refractivity contribution in [3.63, 3.8) is 0 Å². The lowest BCUT2D eigenvalue weighted by Gasteiger charge is -2.24. The highest BCUT2D eigenvalue weighted by atomic mass is 32.1. The van der Waals surface area contributed by atoms with E-state index in [4.69, 9.17) is 0 Å². The van der Waals surface area contributed by atoms with Crippen LogP contribution in [0.1, 0.15) is 41.2 Å². The summed E-state index contributed by atoms with van der Waals surface area (Å²) in [5.41, 5.74) is 2.73. The fraction of sp³-hybridized carbons (Fsp3) is 0.333. The highest BCUT2D eigenvalue weighted by Gasteiger charge is 2.29. The molecule has 0 spiro atoms. The van der Waals surface area contributed by atoms with Gasteiger partial charge in [0.05, 0.1) is 6.54 Å². The van der Waals surface area contributed by atoms with E-state index in [-0.39, 0.29) is 30.1 Å². The molecule has 4 rings (SSSR count). The molecule has 4 N–H and O–H groups in total. The molecule has 9 nitrogen and oxygen atoms in total. The van der Waals surface area contributed by atoms with Gasteiger partial charge in [0.1, 0.15) is 15.7 Å². The fourth-order valence-electron chi connectivity index (χ4n) is 3.75. The minimum absolute atomic E-state index is 0.133. The average molecular weight is 514 g/mol. The Hall–Kier alpha value is -3.28. The molecule has 3 heterocycles. The quantitative estimate of drug-likeness (QED) is 0.352. The third-order valence-corrected chi connectivity index (χ3v) is 7.46. The number of thiazole rings is 1. The van der Waals surface area contributed by atoms with Crippen LogP contribution in [0.25, 0.3) is 10.6 Å². The molecule has 0 atom stereocenters. The number of carboxylic acid groups (broad SMARTS) is 1. The predicted molar refractivity (Wildman–Crippen MR) is 138 cm³/mol. The summed E-state index contributed by atoms with van der Waals surface area (Å²) in [5.74, 6) is -0.447. The first kappa shape index (κ1) is 24.8. The van der Waals surface area contributed by atoms with E-state index >= 15 is 0 Å². The van der Waals surface area contributed by atoms with Gasteiger partial charge in [-0.15, -0.1) is 22.7 Å². The predicted octanol–water partition coefficient (Wildman–Crippen LogP) is 4.49. The van der Waals surface area contributed by atoms with Crippen LogP contribution in [0.5, 0.6) is 0 Å². The van der Waals surface area contributed by atoms with E-state index < -0.39 is 6.09 Å². The number of benzene rings is 1. The lowest BCUT2D eigenvalue weighted by Crippen LogP contribution is -2.34. The van der Waals surface area contributed by atoms with E-state index in [1.807, 2.05) is 32.0 Å². The molecule has 1 aliphatic heterocycles. The molecule has 1 aromatic carbocycles. The number of hydrogen-bond donors (Lipinski definition) is 4. The van der Waals surface area contributed by atoms with Crippen LogP contribution in [-0.2, 0) is 17.8 Å². The van der Waals surface area contributed by atoms with Crippen LogP contribution in [0.4, 0.5) is 15.5 Å². The summed E-state index contributed by atoms with van der Waals surface area (Å²) in [4.78, 5) is 43.7. The molecule has 11 heteroatoms. The standard InChI is InChI=1S/C24H27N5O4S2/c1-14(2)25-10-8-19(30)28-23-20(16-9-11-29(24(32)33)12-18(16)35-23)22-27-17(13-34-22)21(31)26-15-6-4-3-5-7-15/h3-7,13-14,25H,8-12H2,1-2H3,(H,26,31)(H,28,30)(H,32,33). The normalized spacial score (nSPS) is 12.9. The number of para-hydroxylation sites is 1. The van der Waals surface area contributed by atoms with Crippen molar-refractivity contribution >= 4 is 51.3 Å². The molecule has 0 unspecified atom stereocenters. The van der Waals surface area contributed by atoms with Crippen LogP contribution in [0.3, 0.4) is 0 Å². The van der Waals surface area contributed by atoms with Crippen LogP contribution in [0.2, 0.25) is 0 Å². The second-order valence-electron chi connectivity index (χ2n) is 8.43. The molecule has 0 fully saturated rings. The largest absolute Gasteiger partial charge is 0.465 e. The molecular weight excluding hydrogens is 486 g/mol. The van der Waals surface area contributed by atoms with Gasteiger partial charge >= 0.3 is 6.09 Å².